The average molecular weight is 486 g/mol. The van der Waals surface area contributed by atoms with Crippen LogP contribution in [0.5, 0.6) is 0 Å². The number of aromatic nitrogens is 1. The van der Waals surface area contributed by atoms with Gasteiger partial charge in [0.15, 0.2) is 12.1 Å². The Morgan fingerprint density at radius 2 is 1.91 bits per heavy atom. The number of Topliss-reactive ketones (excluding diaryl/α,β-unsaturated/α-hetero) is 1. The third-order valence-electron chi connectivity index (χ3n) is 6.54. The molecule has 2 aliphatic heterocycles. The summed E-state index contributed by atoms with van der Waals surface area (Å²) in [5.41, 5.74) is -0.380. The van der Waals surface area contributed by atoms with Crippen molar-refractivity contribution in [2.24, 2.45) is 0 Å². The molecule has 188 valence electrons. The number of nitrogens with one attached hydrogen (secondary N) is 1. The second-order valence-electron chi connectivity index (χ2n) is 10.5. The number of nitrogens with zero attached hydrogens (tertiary/aromatic N) is 2. The van der Waals surface area contributed by atoms with Crippen LogP contribution in [0.15, 0.2) is 10.6 Å². The monoisotopic (exact) mass is 485 g/mol. The summed E-state index contributed by atoms with van der Waals surface area (Å²) in [6.07, 6.45) is 5.65. The molecule has 0 aliphatic carbocycles. The minimum atomic E-state index is -3.17. The van der Waals surface area contributed by atoms with Crippen molar-refractivity contribution >= 4 is 15.8 Å². The van der Waals surface area contributed by atoms with Crippen LogP contribution in [0.1, 0.15) is 71.3 Å². The lowest BCUT2D eigenvalue weighted by Crippen LogP contribution is -2.55. The van der Waals surface area contributed by atoms with E-state index in [0.717, 1.165) is 31.6 Å². The lowest BCUT2D eigenvalue weighted by Gasteiger charge is -2.36. The van der Waals surface area contributed by atoms with Crippen LogP contribution in [0.2, 0.25) is 0 Å². The Morgan fingerprint density at radius 3 is 2.52 bits per heavy atom. The Labute approximate surface area is 197 Å². The van der Waals surface area contributed by atoms with Crippen molar-refractivity contribution in [1.82, 2.24) is 14.8 Å². The van der Waals surface area contributed by atoms with Gasteiger partial charge < -0.3 is 19.3 Å². The smallest absolute Gasteiger partial charge is 0.211 e. The van der Waals surface area contributed by atoms with Crippen LogP contribution in [0.3, 0.4) is 0 Å². The SMILES string of the molecule is CC(C)(NC1CCN(S(C)(=O)=O)CC1)C(=O)Cc1cc(C(C)(C)COC2CCCCO2)no1. The standard InChI is InChI=1S/C23H39N3O6S/c1-22(2,16-31-21-8-6-7-13-30-21)19-14-18(32-25-19)15-20(27)23(3,4)24-17-9-11-26(12-10-17)33(5,28)29/h14,17,21,24H,6-13,15-16H2,1-5H3. The van der Waals surface area contributed by atoms with Gasteiger partial charge in [0.05, 0.1) is 30.5 Å². The summed E-state index contributed by atoms with van der Waals surface area (Å²) < 4.78 is 42.0. The highest BCUT2D eigenvalue weighted by atomic mass is 32.2. The highest BCUT2D eigenvalue weighted by Gasteiger charge is 2.34. The Hall–Kier alpha value is -1.33. The molecule has 1 atom stereocenters. The minimum absolute atomic E-state index is 0.000374. The number of carbonyl (C=O) groups excluding carboxylic acids is 1. The molecule has 33 heavy (non-hydrogen) atoms. The van der Waals surface area contributed by atoms with Gasteiger partial charge in [0, 0.05) is 37.2 Å². The zero-order valence-corrected chi connectivity index (χ0v) is 21.4. The Morgan fingerprint density at radius 1 is 1.21 bits per heavy atom. The summed E-state index contributed by atoms with van der Waals surface area (Å²) in [5, 5.41) is 7.62. The van der Waals surface area contributed by atoms with Crippen molar-refractivity contribution in [3.05, 3.63) is 17.5 Å². The molecule has 1 aromatic rings. The molecular weight excluding hydrogens is 446 g/mol. The normalized spacial score (nSPS) is 21.9. The van der Waals surface area contributed by atoms with E-state index < -0.39 is 15.6 Å². The molecule has 0 bridgehead atoms. The molecule has 2 aliphatic rings. The maximum Gasteiger partial charge on any atom is 0.211 e. The van der Waals surface area contributed by atoms with E-state index in [0.29, 0.717) is 38.3 Å². The molecule has 0 spiro atoms. The van der Waals surface area contributed by atoms with Gasteiger partial charge in [0.1, 0.15) is 5.76 Å². The third-order valence-corrected chi connectivity index (χ3v) is 7.84. The Balaban J connectivity index is 1.51. The van der Waals surface area contributed by atoms with Gasteiger partial charge in [-0.25, -0.2) is 12.7 Å². The first-order valence-corrected chi connectivity index (χ1v) is 13.7. The molecule has 0 saturated carbocycles. The van der Waals surface area contributed by atoms with E-state index in [1.54, 1.807) is 0 Å². The van der Waals surface area contributed by atoms with Gasteiger partial charge in [-0.15, -0.1) is 0 Å². The predicted molar refractivity (Wildman–Crippen MR) is 124 cm³/mol. The van der Waals surface area contributed by atoms with Crippen LogP contribution in [-0.2, 0) is 36.1 Å². The van der Waals surface area contributed by atoms with E-state index in [-0.39, 0.29) is 30.0 Å². The van der Waals surface area contributed by atoms with Gasteiger partial charge in [0.25, 0.3) is 0 Å². The molecular formula is C23H39N3O6S. The fourth-order valence-electron chi connectivity index (χ4n) is 4.23. The van der Waals surface area contributed by atoms with Gasteiger partial charge in [-0.1, -0.05) is 19.0 Å². The molecule has 10 heteroatoms. The third kappa shape index (κ3) is 7.32. The highest BCUT2D eigenvalue weighted by Crippen LogP contribution is 2.26. The predicted octanol–water partition coefficient (Wildman–Crippen LogP) is 2.40. The number of piperidine rings is 1. The molecule has 0 radical (unpaired) electrons. The lowest BCUT2D eigenvalue weighted by atomic mass is 9.89. The van der Waals surface area contributed by atoms with Crippen LogP contribution in [0.25, 0.3) is 0 Å². The zero-order chi connectivity index (χ0) is 24.3. The second kappa shape index (κ2) is 10.5. The van der Waals surface area contributed by atoms with Crippen LogP contribution >= 0.6 is 0 Å². The average Bonchev–Trinajstić information content (AvgIpc) is 3.22. The molecule has 2 fully saturated rings. The van der Waals surface area contributed by atoms with E-state index in [1.807, 2.05) is 33.8 Å². The first kappa shape index (κ1) is 26.3. The van der Waals surface area contributed by atoms with Gasteiger partial charge in [-0.05, 0) is 46.0 Å². The lowest BCUT2D eigenvalue weighted by molar-refractivity contribution is -0.170. The topological polar surface area (TPSA) is 111 Å². The summed E-state index contributed by atoms with van der Waals surface area (Å²) in [6.45, 7) is 9.92. The van der Waals surface area contributed by atoms with E-state index in [4.69, 9.17) is 14.0 Å². The zero-order valence-electron chi connectivity index (χ0n) is 20.6. The molecule has 2 saturated heterocycles. The molecule has 9 nitrogen and oxygen atoms in total. The van der Waals surface area contributed by atoms with Crippen molar-refractivity contribution in [3.63, 3.8) is 0 Å². The summed E-state index contributed by atoms with van der Waals surface area (Å²) in [6, 6.07) is 1.93. The van der Waals surface area contributed by atoms with Crippen molar-refractivity contribution < 1.29 is 27.2 Å². The van der Waals surface area contributed by atoms with Crippen LogP contribution in [0, 0.1) is 0 Å². The molecule has 0 amide bonds. The number of ether oxygens (including phenoxy) is 2. The molecule has 1 aromatic heterocycles. The number of rotatable bonds is 10. The Kier molecular flexibility index (Phi) is 8.37. The minimum Gasteiger partial charge on any atom is -0.361 e. The van der Waals surface area contributed by atoms with E-state index in [2.05, 4.69) is 10.5 Å². The van der Waals surface area contributed by atoms with E-state index in [1.165, 1.54) is 10.6 Å². The number of ketones is 1. The maximum atomic E-state index is 13.0. The van der Waals surface area contributed by atoms with Crippen LogP contribution in [0.4, 0.5) is 0 Å². The van der Waals surface area contributed by atoms with Crippen molar-refractivity contribution in [3.8, 4) is 0 Å². The summed E-state index contributed by atoms with van der Waals surface area (Å²) in [5.74, 6) is 0.527. The number of sulfonamides is 1. The molecule has 3 rings (SSSR count). The van der Waals surface area contributed by atoms with E-state index >= 15 is 0 Å². The molecule has 0 aromatic carbocycles. The highest BCUT2D eigenvalue weighted by molar-refractivity contribution is 7.88. The fourth-order valence-corrected chi connectivity index (χ4v) is 5.11. The summed E-state index contributed by atoms with van der Waals surface area (Å²) >= 11 is 0. The first-order chi connectivity index (χ1) is 15.4. The summed E-state index contributed by atoms with van der Waals surface area (Å²) in [4.78, 5) is 13.0. The van der Waals surface area contributed by atoms with E-state index in [9.17, 15) is 13.2 Å². The molecule has 1 N–H and O–H groups in total. The van der Waals surface area contributed by atoms with Crippen molar-refractivity contribution in [1.29, 1.82) is 0 Å². The van der Waals surface area contributed by atoms with Crippen LogP contribution < -0.4 is 5.32 Å². The van der Waals surface area contributed by atoms with Crippen LogP contribution in [-0.4, -0.2) is 74.1 Å². The number of hydrogen-bond acceptors (Lipinski definition) is 8. The maximum absolute atomic E-state index is 13.0. The molecule has 3 heterocycles. The van der Waals surface area contributed by atoms with Crippen molar-refractivity contribution in [2.45, 2.75) is 89.5 Å². The fraction of sp³-hybridized carbons (Fsp3) is 0.826. The first-order valence-electron chi connectivity index (χ1n) is 11.8. The Bertz CT molecular complexity index is 897. The van der Waals surface area contributed by atoms with Gasteiger partial charge in [0.2, 0.25) is 10.0 Å². The van der Waals surface area contributed by atoms with Gasteiger partial charge in [-0.3, -0.25) is 4.79 Å². The largest absolute Gasteiger partial charge is 0.361 e. The number of carbonyl (C=O) groups is 1. The van der Waals surface area contributed by atoms with Gasteiger partial charge in [-0.2, -0.15) is 0 Å². The van der Waals surface area contributed by atoms with Crippen molar-refractivity contribution in [2.75, 3.05) is 32.6 Å². The summed E-state index contributed by atoms with van der Waals surface area (Å²) in [7, 11) is -3.17. The second-order valence-corrected chi connectivity index (χ2v) is 12.5. The number of hydrogen-bond donors (Lipinski definition) is 1. The molecule has 1 unspecified atom stereocenters. The quantitative estimate of drug-likeness (QED) is 0.538. The van der Waals surface area contributed by atoms with Gasteiger partial charge >= 0.3 is 0 Å².